The van der Waals surface area contributed by atoms with Gasteiger partial charge in [-0.15, -0.1) is 0 Å². The highest BCUT2D eigenvalue weighted by Gasteiger charge is 2.12. The number of hydrogen-bond acceptors (Lipinski definition) is 5. The van der Waals surface area contributed by atoms with Crippen LogP contribution in [0.2, 0.25) is 0 Å². The van der Waals surface area contributed by atoms with E-state index in [2.05, 4.69) is 0 Å². The Hall–Kier alpha value is -2.17. The lowest BCUT2D eigenvalue weighted by molar-refractivity contribution is 0.377. The molecule has 2 N–H and O–H groups in total. The van der Waals surface area contributed by atoms with E-state index >= 15 is 0 Å². The first kappa shape index (κ1) is 9.39. The molecule has 0 amide bonds. The Labute approximate surface area is 84.1 Å². The molecule has 1 aromatic heterocycles. The summed E-state index contributed by atoms with van der Waals surface area (Å²) in [4.78, 5) is 11.0. The summed E-state index contributed by atoms with van der Waals surface area (Å²) in [5, 5.41) is 18.9. The average molecular weight is 208 g/mol. The number of methoxy groups -OCH3 is 1. The Morgan fingerprint density at radius 3 is 2.67 bits per heavy atom. The first-order chi connectivity index (χ1) is 7.13. The lowest BCUT2D eigenvalue weighted by atomic mass is 10.2. The van der Waals surface area contributed by atoms with Gasteiger partial charge < -0.3 is 19.4 Å². The van der Waals surface area contributed by atoms with Crippen LogP contribution in [0.25, 0.3) is 11.0 Å². The maximum Gasteiger partial charge on any atom is 0.382 e. The SMILES string of the molecule is COc1ccc2c(O)c(O)c(=O)oc2c1. The van der Waals surface area contributed by atoms with Crippen molar-refractivity contribution in [3.8, 4) is 17.2 Å². The minimum absolute atomic E-state index is 0.162. The summed E-state index contributed by atoms with van der Waals surface area (Å²) in [7, 11) is 1.47. The standard InChI is InChI=1S/C10H8O5/c1-14-5-2-3-6-7(4-5)15-10(13)9(12)8(6)11/h2-4,11-12H,1H3. The second kappa shape index (κ2) is 3.20. The molecule has 0 unspecified atom stereocenters. The third-order valence-corrected chi connectivity index (χ3v) is 2.06. The molecule has 0 fully saturated rings. The van der Waals surface area contributed by atoms with Crippen LogP contribution in [0.4, 0.5) is 0 Å². The molecule has 1 heterocycles. The number of fused-ring (bicyclic) bond motifs is 1. The predicted molar refractivity (Wildman–Crippen MR) is 52.4 cm³/mol. The third kappa shape index (κ3) is 1.38. The van der Waals surface area contributed by atoms with Gasteiger partial charge in [-0.25, -0.2) is 4.79 Å². The first-order valence-corrected chi connectivity index (χ1v) is 4.16. The van der Waals surface area contributed by atoms with Crippen molar-refractivity contribution in [2.75, 3.05) is 7.11 Å². The second-order valence-electron chi connectivity index (χ2n) is 2.95. The number of rotatable bonds is 1. The summed E-state index contributed by atoms with van der Waals surface area (Å²) < 4.78 is 9.70. The van der Waals surface area contributed by atoms with E-state index in [1.807, 2.05) is 0 Å². The highest BCUT2D eigenvalue weighted by atomic mass is 16.5. The second-order valence-corrected chi connectivity index (χ2v) is 2.95. The number of hydrogen-bond donors (Lipinski definition) is 2. The van der Waals surface area contributed by atoms with Crippen LogP contribution in [0.15, 0.2) is 27.4 Å². The Balaban J connectivity index is 2.86. The van der Waals surface area contributed by atoms with Crippen molar-refractivity contribution in [2.24, 2.45) is 0 Å². The molecule has 2 aromatic rings. The van der Waals surface area contributed by atoms with Gasteiger partial charge in [0.05, 0.1) is 12.5 Å². The average Bonchev–Trinajstić information content (AvgIpc) is 2.25. The number of benzene rings is 1. The van der Waals surface area contributed by atoms with E-state index in [1.54, 1.807) is 6.07 Å². The molecule has 0 aliphatic rings. The minimum Gasteiger partial charge on any atom is -0.504 e. The molecule has 0 saturated carbocycles. The molecular formula is C10H8O5. The van der Waals surface area contributed by atoms with Crippen LogP contribution in [0.5, 0.6) is 17.2 Å². The van der Waals surface area contributed by atoms with Crippen LogP contribution in [-0.4, -0.2) is 17.3 Å². The van der Waals surface area contributed by atoms with Crippen LogP contribution in [0, 0.1) is 0 Å². The molecular weight excluding hydrogens is 200 g/mol. The van der Waals surface area contributed by atoms with Crippen molar-refractivity contribution >= 4 is 11.0 Å². The number of aromatic hydroxyl groups is 2. The van der Waals surface area contributed by atoms with Crippen molar-refractivity contribution in [2.45, 2.75) is 0 Å². The maximum absolute atomic E-state index is 11.0. The molecule has 5 heteroatoms. The van der Waals surface area contributed by atoms with Gasteiger partial charge in [0.15, 0.2) is 5.75 Å². The zero-order valence-corrected chi connectivity index (χ0v) is 7.85. The quantitative estimate of drug-likeness (QED) is 0.688. The molecule has 0 spiro atoms. The molecule has 15 heavy (non-hydrogen) atoms. The van der Waals surface area contributed by atoms with Gasteiger partial charge in [0.25, 0.3) is 0 Å². The third-order valence-electron chi connectivity index (χ3n) is 2.06. The van der Waals surface area contributed by atoms with Crippen LogP contribution >= 0.6 is 0 Å². The Bertz CT molecular complexity index is 570. The van der Waals surface area contributed by atoms with Crippen molar-refractivity contribution in [3.63, 3.8) is 0 Å². The van der Waals surface area contributed by atoms with Gasteiger partial charge in [0.1, 0.15) is 11.3 Å². The summed E-state index contributed by atoms with van der Waals surface area (Å²) >= 11 is 0. The van der Waals surface area contributed by atoms with E-state index in [0.29, 0.717) is 5.75 Å². The largest absolute Gasteiger partial charge is 0.504 e. The Morgan fingerprint density at radius 2 is 2.00 bits per heavy atom. The van der Waals surface area contributed by atoms with Crippen LogP contribution in [-0.2, 0) is 0 Å². The fourth-order valence-electron chi connectivity index (χ4n) is 1.28. The molecule has 1 aromatic carbocycles. The molecule has 2 rings (SSSR count). The summed E-state index contributed by atoms with van der Waals surface area (Å²) in [5.74, 6) is -0.771. The maximum atomic E-state index is 11.0. The van der Waals surface area contributed by atoms with Crippen molar-refractivity contribution in [1.29, 1.82) is 0 Å². The minimum atomic E-state index is -0.978. The smallest absolute Gasteiger partial charge is 0.382 e. The van der Waals surface area contributed by atoms with Gasteiger partial charge in [-0.1, -0.05) is 0 Å². The van der Waals surface area contributed by atoms with Gasteiger partial charge in [-0.05, 0) is 12.1 Å². The van der Waals surface area contributed by atoms with Crippen molar-refractivity contribution < 1.29 is 19.4 Å². The molecule has 0 aliphatic heterocycles. The Morgan fingerprint density at radius 1 is 1.27 bits per heavy atom. The molecule has 5 nitrogen and oxygen atoms in total. The van der Waals surface area contributed by atoms with E-state index in [9.17, 15) is 9.90 Å². The first-order valence-electron chi connectivity index (χ1n) is 4.16. The Kier molecular flexibility index (Phi) is 2.00. The van der Waals surface area contributed by atoms with Crippen molar-refractivity contribution in [3.05, 3.63) is 28.6 Å². The molecule has 0 radical (unpaired) electrons. The lowest BCUT2D eigenvalue weighted by Crippen LogP contribution is -1.98. The van der Waals surface area contributed by atoms with Crippen LogP contribution in [0.1, 0.15) is 0 Å². The van der Waals surface area contributed by atoms with Crippen molar-refractivity contribution in [1.82, 2.24) is 0 Å². The molecule has 78 valence electrons. The summed E-state index contributed by atoms with van der Waals surface area (Å²) in [6.45, 7) is 0. The van der Waals surface area contributed by atoms with Gasteiger partial charge >= 0.3 is 5.63 Å². The molecule has 0 saturated heterocycles. The molecule has 0 atom stereocenters. The zero-order chi connectivity index (χ0) is 11.0. The van der Waals surface area contributed by atoms with Gasteiger partial charge in [0, 0.05) is 6.07 Å². The zero-order valence-electron chi connectivity index (χ0n) is 7.85. The fourth-order valence-corrected chi connectivity index (χ4v) is 1.28. The van der Waals surface area contributed by atoms with E-state index in [4.69, 9.17) is 14.3 Å². The summed E-state index contributed by atoms with van der Waals surface area (Å²) in [6, 6.07) is 4.53. The normalized spacial score (nSPS) is 10.5. The van der Waals surface area contributed by atoms with Gasteiger partial charge in [-0.3, -0.25) is 0 Å². The van der Waals surface area contributed by atoms with Gasteiger partial charge in [0.2, 0.25) is 5.75 Å². The van der Waals surface area contributed by atoms with Crippen LogP contribution in [0.3, 0.4) is 0 Å². The van der Waals surface area contributed by atoms with Crippen LogP contribution < -0.4 is 10.4 Å². The highest BCUT2D eigenvalue weighted by molar-refractivity contribution is 5.86. The topological polar surface area (TPSA) is 79.9 Å². The monoisotopic (exact) mass is 208 g/mol. The summed E-state index contributed by atoms with van der Waals surface area (Å²) in [5.41, 5.74) is -0.817. The molecule has 0 bridgehead atoms. The van der Waals surface area contributed by atoms with E-state index in [1.165, 1.54) is 19.2 Å². The predicted octanol–water partition coefficient (Wildman–Crippen LogP) is 1.21. The fraction of sp³-hybridized carbons (Fsp3) is 0.100. The van der Waals surface area contributed by atoms with E-state index in [-0.39, 0.29) is 11.0 Å². The summed E-state index contributed by atoms with van der Waals surface area (Å²) in [6.07, 6.45) is 0. The van der Waals surface area contributed by atoms with Gasteiger partial charge in [-0.2, -0.15) is 0 Å². The lowest BCUT2D eigenvalue weighted by Gasteiger charge is -2.03. The van der Waals surface area contributed by atoms with E-state index < -0.39 is 17.1 Å². The highest BCUT2D eigenvalue weighted by Crippen LogP contribution is 2.31. The molecule has 0 aliphatic carbocycles. The number of ether oxygens (including phenoxy) is 1. The van der Waals surface area contributed by atoms with E-state index in [0.717, 1.165) is 0 Å².